The third kappa shape index (κ3) is 13.4. The minimum atomic E-state index is -1.80. The fourth-order valence-electron chi connectivity index (χ4n) is 3.23. The molecule has 0 saturated heterocycles. The number of carbonyl (C=O) groups excluding carboxylic acids is 4. The molecule has 0 rings (SSSR count). The third-order valence-corrected chi connectivity index (χ3v) is 8.62. The summed E-state index contributed by atoms with van der Waals surface area (Å²) in [5, 5.41) is 0. The van der Waals surface area contributed by atoms with Crippen molar-refractivity contribution >= 4 is 45.1 Å². The third-order valence-electron chi connectivity index (χ3n) is 6.10. The highest BCUT2D eigenvalue weighted by Crippen LogP contribution is 2.29. The molecular weight excluding hydrogens is 500 g/mol. The Bertz CT molecular complexity index is 623. The summed E-state index contributed by atoms with van der Waals surface area (Å²) in [7, 11) is 2.20. The van der Waals surface area contributed by atoms with Crippen LogP contribution in [0.3, 0.4) is 0 Å². The minimum absolute atomic E-state index is 0.0663. The van der Waals surface area contributed by atoms with Crippen LogP contribution in [0.4, 0.5) is 0 Å². The smallest absolute Gasteiger partial charge is 0.334 e. The molecule has 2 atom stereocenters. The van der Waals surface area contributed by atoms with Crippen molar-refractivity contribution in [3.8, 4) is 0 Å². The molecule has 0 bridgehead atoms. The molecule has 0 aromatic carbocycles. The van der Waals surface area contributed by atoms with Gasteiger partial charge in [0.05, 0.1) is 13.2 Å². The lowest BCUT2D eigenvalue weighted by atomic mass is 9.99. The van der Waals surface area contributed by atoms with E-state index in [4.69, 9.17) is 20.9 Å². The molecule has 36 heavy (non-hydrogen) atoms. The number of nitrogens with two attached hydrogens (primary N) is 2. The summed E-state index contributed by atoms with van der Waals surface area (Å²) in [5.41, 5.74) is 8.62. The summed E-state index contributed by atoms with van der Waals surface area (Å²) < 4.78 is 10.5. The van der Waals surface area contributed by atoms with E-state index in [1.807, 2.05) is 0 Å². The van der Waals surface area contributed by atoms with Gasteiger partial charge in [-0.3, -0.25) is 9.59 Å². The molecule has 0 aliphatic carbocycles. The predicted molar refractivity (Wildman–Crippen MR) is 149 cm³/mol. The largest absolute Gasteiger partial charge is 0.464 e. The van der Waals surface area contributed by atoms with Crippen molar-refractivity contribution in [3.63, 3.8) is 0 Å². The normalized spacial score (nSPS) is 14.5. The number of ketones is 2. The lowest BCUT2D eigenvalue weighted by molar-refractivity contribution is -0.154. The van der Waals surface area contributed by atoms with Gasteiger partial charge in [0, 0.05) is 11.5 Å². The molecule has 0 aromatic rings. The predicted octanol–water partition coefficient (Wildman–Crippen LogP) is 4.75. The minimum Gasteiger partial charge on any atom is -0.464 e. The maximum absolute atomic E-state index is 12.5. The zero-order valence-electron chi connectivity index (χ0n) is 22.7. The molecule has 0 aromatic heterocycles. The van der Waals surface area contributed by atoms with Gasteiger partial charge in [-0.05, 0) is 26.7 Å². The summed E-state index contributed by atoms with van der Waals surface area (Å²) in [6, 6.07) is 0. The topological polar surface area (TPSA) is 139 Å². The second-order valence-corrected chi connectivity index (χ2v) is 11.8. The van der Waals surface area contributed by atoms with Crippen molar-refractivity contribution in [2.24, 2.45) is 11.5 Å². The number of carbonyl (C=O) groups is 4. The highest BCUT2D eigenvalue weighted by molar-refractivity contribution is 8.76. The Morgan fingerprint density at radius 3 is 1.19 bits per heavy atom. The van der Waals surface area contributed by atoms with Crippen molar-refractivity contribution in [3.05, 3.63) is 0 Å². The maximum Gasteiger partial charge on any atom is 0.334 e. The Kier molecular flexibility index (Phi) is 19.3. The van der Waals surface area contributed by atoms with E-state index >= 15 is 0 Å². The zero-order valence-corrected chi connectivity index (χ0v) is 24.4. The average Bonchev–Trinajstić information content (AvgIpc) is 2.84. The van der Waals surface area contributed by atoms with Gasteiger partial charge < -0.3 is 20.9 Å². The van der Waals surface area contributed by atoms with Crippen molar-refractivity contribution in [1.82, 2.24) is 0 Å². The van der Waals surface area contributed by atoms with E-state index in [0.717, 1.165) is 85.8 Å². The van der Waals surface area contributed by atoms with E-state index in [2.05, 4.69) is 13.8 Å². The van der Waals surface area contributed by atoms with E-state index in [0.29, 0.717) is 0 Å². The molecule has 0 aliphatic rings. The Labute approximate surface area is 225 Å². The summed E-state index contributed by atoms with van der Waals surface area (Å²) in [6.07, 6.45) is 12.5. The van der Waals surface area contributed by atoms with Gasteiger partial charge in [0.25, 0.3) is 0 Å². The summed E-state index contributed by atoms with van der Waals surface area (Å²) in [6.45, 7) is 7.24. The Balaban J connectivity index is 4.58. The number of Topliss-reactive ketones (excluding diaryl/α,β-unsaturated/α-hetero) is 2. The number of unbranched alkanes of at least 4 members (excludes halogenated alkanes) is 10. The van der Waals surface area contributed by atoms with Crippen LogP contribution in [-0.2, 0) is 28.7 Å². The highest BCUT2D eigenvalue weighted by Gasteiger charge is 2.43. The van der Waals surface area contributed by atoms with Gasteiger partial charge >= 0.3 is 11.9 Å². The Hall–Kier alpha value is -1.10. The SMILES string of the molecule is CCCCCCCCOC(=O)C(N)(CSSCC(N)(C(C)=O)C(=O)OCCCCCCCC)C(C)=O. The van der Waals surface area contributed by atoms with Gasteiger partial charge in [-0.1, -0.05) is 99.6 Å². The van der Waals surface area contributed by atoms with E-state index in [9.17, 15) is 19.2 Å². The zero-order chi connectivity index (χ0) is 27.5. The second-order valence-electron chi connectivity index (χ2n) is 9.39. The highest BCUT2D eigenvalue weighted by atomic mass is 33.1. The van der Waals surface area contributed by atoms with E-state index in [1.54, 1.807) is 0 Å². The van der Waals surface area contributed by atoms with Gasteiger partial charge in [-0.15, -0.1) is 0 Å². The fraction of sp³-hybridized carbons (Fsp3) is 0.846. The lowest BCUT2D eigenvalue weighted by Crippen LogP contribution is -2.58. The first-order chi connectivity index (χ1) is 17.1. The first-order valence-corrected chi connectivity index (χ1v) is 15.7. The van der Waals surface area contributed by atoms with Crippen LogP contribution in [0.15, 0.2) is 0 Å². The van der Waals surface area contributed by atoms with Crippen molar-refractivity contribution in [2.75, 3.05) is 24.7 Å². The molecule has 4 N–H and O–H groups in total. The van der Waals surface area contributed by atoms with Crippen molar-refractivity contribution in [1.29, 1.82) is 0 Å². The number of ether oxygens (including phenoxy) is 2. The molecule has 210 valence electrons. The average molecular weight is 549 g/mol. The number of rotatable bonds is 23. The Morgan fingerprint density at radius 1 is 0.583 bits per heavy atom. The van der Waals surface area contributed by atoms with Crippen LogP contribution >= 0.6 is 21.6 Å². The van der Waals surface area contributed by atoms with Crippen molar-refractivity contribution < 1.29 is 28.7 Å². The van der Waals surface area contributed by atoms with Crippen LogP contribution in [0.2, 0.25) is 0 Å². The van der Waals surface area contributed by atoms with Crippen LogP contribution in [0.1, 0.15) is 105 Å². The number of esters is 2. The van der Waals surface area contributed by atoms with Gasteiger partial charge in [0.15, 0.2) is 22.6 Å². The molecule has 0 spiro atoms. The molecule has 10 heteroatoms. The molecule has 0 heterocycles. The van der Waals surface area contributed by atoms with E-state index in [1.165, 1.54) is 26.7 Å². The molecular formula is C26H48N2O6S2. The van der Waals surface area contributed by atoms with E-state index in [-0.39, 0.29) is 24.7 Å². The van der Waals surface area contributed by atoms with Gasteiger partial charge in [0.1, 0.15) is 0 Å². The van der Waals surface area contributed by atoms with E-state index < -0.39 is 34.6 Å². The summed E-state index contributed by atoms with van der Waals surface area (Å²) in [4.78, 5) is 49.4. The molecule has 0 fully saturated rings. The van der Waals surface area contributed by atoms with Crippen LogP contribution in [-0.4, -0.2) is 59.3 Å². The standard InChI is InChI=1S/C26H48N2O6S2/c1-5-7-9-11-13-15-17-33-23(31)25(27,21(3)29)19-35-36-20-26(28,22(4)30)24(32)34-18-16-14-12-10-8-6-2/h5-20,27-28H2,1-4H3. The first kappa shape index (κ1) is 34.9. The quantitative estimate of drug-likeness (QED) is 0.0796. The molecule has 0 amide bonds. The first-order valence-electron chi connectivity index (χ1n) is 13.2. The summed E-state index contributed by atoms with van der Waals surface area (Å²) in [5.74, 6) is -2.67. The van der Waals surface area contributed by atoms with Gasteiger partial charge in [0.2, 0.25) is 0 Å². The molecule has 8 nitrogen and oxygen atoms in total. The van der Waals surface area contributed by atoms with Gasteiger partial charge in [-0.2, -0.15) is 0 Å². The monoisotopic (exact) mass is 548 g/mol. The van der Waals surface area contributed by atoms with Crippen LogP contribution < -0.4 is 11.5 Å². The molecule has 2 unspecified atom stereocenters. The lowest BCUT2D eigenvalue weighted by Gasteiger charge is -2.26. The van der Waals surface area contributed by atoms with Crippen LogP contribution in [0.25, 0.3) is 0 Å². The van der Waals surface area contributed by atoms with Crippen LogP contribution in [0.5, 0.6) is 0 Å². The van der Waals surface area contributed by atoms with Crippen LogP contribution in [0, 0.1) is 0 Å². The van der Waals surface area contributed by atoms with Crippen molar-refractivity contribution in [2.45, 2.75) is 116 Å². The molecule has 0 radical (unpaired) electrons. The second kappa shape index (κ2) is 19.9. The molecule has 0 saturated carbocycles. The fourth-order valence-corrected chi connectivity index (χ4v) is 6.03. The number of hydrogen-bond acceptors (Lipinski definition) is 10. The number of hydrogen-bond donors (Lipinski definition) is 2. The molecule has 0 aliphatic heterocycles. The summed E-state index contributed by atoms with van der Waals surface area (Å²) >= 11 is 0. The Morgan fingerprint density at radius 2 is 0.889 bits per heavy atom. The van der Waals surface area contributed by atoms with Gasteiger partial charge in [-0.25, -0.2) is 9.59 Å². The maximum atomic E-state index is 12.5.